The fourth-order valence-corrected chi connectivity index (χ4v) is 5.37. The lowest BCUT2D eigenvalue weighted by atomic mass is 9.79. The molecule has 0 saturated heterocycles. The van der Waals surface area contributed by atoms with Crippen LogP contribution in [-0.2, 0) is 26.0 Å². The second-order valence-electron chi connectivity index (χ2n) is 10.1. The summed E-state index contributed by atoms with van der Waals surface area (Å²) in [6, 6.07) is 16.4. The number of aliphatic carboxylic acids is 1. The largest absolute Gasteiger partial charge is 0.481 e. The van der Waals surface area contributed by atoms with Crippen LogP contribution in [0.3, 0.4) is 0 Å². The molecule has 2 unspecified atom stereocenters. The number of carbonyl (C=O) groups is 2. The van der Waals surface area contributed by atoms with Gasteiger partial charge < -0.3 is 15.5 Å². The Labute approximate surface area is 214 Å². The minimum absolute atomic E-state index is 0.00533. The molecule has 8 nitrogen and oxygen atoms in total. The van der Waals surface area contributed by atoms with Crippen molar-refractivity contribution in [3.05, 3.63) is 66.2 Å². The summed E-state index contributed by atoms with van der Waals surface area (Å²) >= 11 is 0. The SMILES string of the molecule is CC(C)CN(CC(O)[C@H](Cc1ccccc1)NC(=O)C(C)C(C)(C)C(=O)O)S(=O)(=O)c1ccccc1. The number of carboxylic acids is 1. The molecule has 0 heterocycles. The van der Waals surface area contributed by atoms with Crippen LogP contribution in [0.4, 0.5) is 0 Å². The van der Waals surface area contributed by atoms with Gasteiger partial charge in [-0.05, 0) is 43.9 Å². The van der Waals surface area contributed by atoms with Gasteiger partial charge in [-0.25, -0.2) is 8.42 Å². The van der Waals surface area contributed by atoms with Crippen LogP contribution in [0.25, 0.3) is 0 Å². The number of hydrogen-bond acceptors (Lipinski definition) is 5. The Bertz CT molecular complexity index is 1100. The molecular weight excluding hydrogens is 480 g/mol. The van der Waals surface area contributed by atoms with E-state index >= 15 is 0 Å². The number of sulfonamides is 1. The predicted octanol–water partition coefficient (Wildman–Crippen LogP) is 3.17. The Hall–Kier alpha value is -2.75. The molecule has 1 amide bonds. The molecule has 2 aromatic rings. The van der Waals surface area contributed by atoms with Crippen molar-refractivity contribution in [3.63, 3.8) is 0 Å². The normalized spacial score (nSPS) is 14.9. The monoisotopic (exact) mass is 518 g/mol. The summed E-state index contributed by atoms with van der Waals surface area (Å²) in [6.07, 6.45) is -0.999. The second-order valence-corrected chi connectivity index (χ2v) is 12.1. The molecule has 2 rings (SSSR count). The topological polar surface area (TPSA) is 124 Å². The molecule has 3 N–H and O–H groups in total. The van der Waals surface area contributed by atoms with Crippen molar-refractivity contribution in [2.24, 2.45) is 17.3 Å². The number of aliphatic hydroxyl groups is 1. The smallest absolute Gasteiger partial charge is 0.309 e. The first-order valence-corrected chi connectivity index (χ1v) is 13.5. The van der Waals surface area contributed by atoms with Crippen LogP contribution in [0.5, 0.6) is 0 Å². The number of nitrogens with zero attached hydrogens (tertiary/aromatic N) is 1. The quantitative estimate of drug-likeness (QED) is 0.374. The van der Waals surface area contributed by atoms with Gasteiger partial charge in [0.05, 0.1) is 28.4 Å². The molecule has 0 aliphatic rings. The molecule has 2 aromatic carbocycles. The maximum Gasteiger partial charge on any atom is 0.309 e. The summed E-state index contributed by atoms with van der Waals surface area (Å²) in [5, 5.41) is 23.6. The van der Waals surface area contributed by atoms with Crippen LogP contribution in [0.1, 0.15) is 40.2 Å². The standard InChI is InChI=1S/C27H38N2O6S/c1-19(2)17-29(36(34,35)22-14-10-7-11-15-22)18-24(30)23(16-21-12-8-6-9-13-21)28-25(31)20(3)27(4,5)26(32)33/h6-15,19-20,23-24,30H,16-18H2,1-5H3,(H,28,31)(H,32,33)/t20?,23-,24?/m0/s1. The summed E-state index contributed by atoms with van der Waals surface area (Å²) in [6.45, 7) is 8.20. The molecule has 0 radical (unpaired) electrons. The molecule has 0 spiro atoms. The highest BCUT2D eigenvalue weighted by molar-refractivity contribution is 7.89. The third-order valence-electron chi connectivity index (χ3n) is 6.46. The lowest BCUT2D eigenvalue weighted by Gasteiger charge is -2.33. The van der Waals surface area contributed by atoms with E-state index in [-0.39, 0.29) is 30.3 Å². The summed E-state index contributed by atoms with van der Waals surface area (Å²) in [4.78, 5) is 24.9. The molecule has 36 heavy (non-hydrogen) atoms. The van der Waals surface area contributed by atoms with Crippen LogP contribution >= 0.6 is 0 Å². The third kappa shape index (κ3) is 7.62. The molecular formula is C27H38N2O6S. The molecule has 3 atom stereocenters. The molecule has 0 fully saturated rings. The first-order valence-electron chi connectivity index (χ1n) is 12.1. The van der Waals surface area contributed by atoms with E-state index in [1.807, 2.05) is 44.2 Å². The summed E-state index contributed by atoms with van der Waals surface area (Å²) < 4.78 is 28.0. The van der Waals surface area contributed by atoms with Gasteiger partial charge in [0.25, 0.3) is 0 Å². The van der Waals surface area contributed by atoms with E-state index in [1.165, 1.54) is 37.2 Å². The third-order valence-corrected chi connectivity index (χ3v) is 8.30. The van der Waals surface area contributed by atoms with Gasteiger partial charge in [-0.3, -0.25) is 9.59 Å². The van der Waals surface area contributed by atoms with Crippen LogP contribution in [0.2, 0.25) is 0 Å². The van der Waals surface area contributed by atoms with Crippen molar-refractivity contribution < 1.29 is 28.2 Å². The highest BCUT2D eigenvalue weighted by atomic mass is 32.2. The van der Waals surface area contributed by atoms with Crippen molar-refractivity contribution in [1.82, 2.24) is 9.62 Å². The average Bonchev–Trinajstić information content (AvgIpc) is 2.83. The van der Waals surface area contributed by atoms with E-state index in [2.05, 4.69) is 5.32 Å². The van der Waals surface area contributed by atoms with Gasteiger partial charge in [-0.1, -0.05) is 69.3 Å². The molecule has 0 aliphatic carbocycles. The van der Waals surface area contributed by atoms with Crippen LogP contribution in [-0.4, -0.2) is 60.0 Å². The molecule has 0 saturated carbocycles. The summed E-state index contributed by atoms with van der Waals surface area (Å²) in [7, 11) is -3.89. The molecule has 198 valence electrons. The maximum absolute atomic E-state index is 13.4. The highest BCUT2D eigenvalue weighted by Gasteiger charge is 2.40. The highest BCUT2D eigenvalue weighted by Crippen LogP contribution is 2.27. The van der Waals surface area contributed by atoms with Gasteiger partial charge in [0.1, 0.15) is 0 Å². The summed E-state index contributed by atoms with van der Waals surface area (Å²) in [5.41, 5.74) is -0.486. The lowest BCUT2D eigenvalue weighted by molar-refractivity contribution is -0.153. The van der Waals surface area contributed by atoms with E-state index in [4.69, 9.17) is 0 Å². The summed E-state index contributed by atoms with van der Waals surface area (Å²) in [5.74, 6) is -2.53. The second kappa shape index (κ2) is 12.5. The number of aliphatic hydroxyl groups excluding tert-OH is 1. The lowest BCUT2D eigenvalue weighted by Crippen LogP contribution is -2.53. The zero-order valence-corrected chi connectivity index (χ0v) is 22.4. The molecule has 0 bridgehead atoms. The first kappa shape index (κ1) is 29.5. The van der Waals surface area contributed by atoms with Gasteiger partial charge in [0.2, 0.25) is 15.9 Å². The fraction of sp³-hybridized carbons (Fsp3) is 0.481. The van der Waals surface area contributed by atoms with E-state index < -0.39 is 45.4 Å². The Kier molecular flexibility index (Phi) is 10.2. The van der Waals surface area contributed by atoms with Gasteiger partial charge in [0, 0.05) is 13.1 Å². The van der Waals surface area contributed by atoms with Crippen molar-refractivity contribution >= 4 is 21.9 Å². The van der Waals surface area contributed by atoms with Gasteiger partial charge in [-0.15, -0.1) is 0 Å². The zero-order chi connectivity index (χ0) is 27.1. The fourth-order valence-electron chi connectivity index (χ4n) is 3.73. The van der Waals surface area contributed by atoms with Crippen molar-refractivity contribution in [2.75, 3.05) is 13.1 Å². The number of nitrogens with one attached hydrogen (secondary N) is 1. The van der Waals surface area contributed by atoms with Crippen molar-refractivity contribution in [3.8, 4) is 0 Å². The van der Waals surface area contributed by atoms with E-state index in [9.17, 15) is 28.2 Å². The molecule has 9 heteroatoms. The van der Waals surface area contributed by atoms with Crippen LogP contribution in [0, 0.1) is 17.3 Å². The first-order chi connectivity index (χ1) is 16.8. The minimum Gasteiger partial charge on any atom is -0.481 e. The Morgan fingerprint density at radius 3 is 1.97 bits per heavy atom. The van der Waals surface area contributed by atoms with Crippen molar-refractivity contribution in [1.29, 1.82) is 0 Å². The van der Waals surface area contributed by atoms with E-state index in [0.29, 0.717) is 0 Å². The number of rotatable bonds is 13. The predicted molar refractivity (Wildman–Crippen MR) is 139 cm³/mol. The molecule has 0 aromatic heterocycles. The van der Waals surface area contributed by atoms with Gasteiger partial charge >= 0.3 is 5.97 Å². The van der Waals surface area contributed by atoms with Crippen LogP contribution in [0.15, 0.2) is 65.6 Å². The number of amides is 1. The average molecular weight is 519 g/mol. The number of benzene rings is 2. The van der Waals surface area contributed by atoms with E-state index in [1.54, 1.807) is 18.2 Å². The maximum atomic E-state index is 13.4. The van der Waals surface area contributed by atoms with Crippen molar-refractivity contribution in [2.45, 2.75) is 58.1 Å². The molecule has 0 aliphatic heterocycles. The Morgan fingerprint density at radius 2 is 1.47 bits per heavy atom. The minimum atomic E-state index is -3.89. The van der Waals surface area contributed by atoms with Crippen LogP contribution < -0.4 is 5.32 Å². The number of carbonyl (C=O) groups excluding carboxylic acids is 1. The Balaban J connectivity index is 2.35. The van der Waals surface area contributed by atoms with Gasteiger partial charge in [0.15, 0.2) is 0 Å². The van der Waals surface area contributed by atoms with Gasteiger partial charge in [-0.2, -0.15) is 4.31 Å². The number of carboxylic acid groups (broad SMARTS) is 1. The zero-order valence-electron chi connectivity index (χ0n) is 21.6. The number of hydrogen-bond donors (Lipinski definition) is 3. The van der Waals surface area contributed by atoms with E-state index in [0.717, 1.165) is 5.56 Å². The Morgan fingerprint density at radius 1 is 0.944 bits per heavy atom.